The quantitative estimate of drug-likeness (QED) is 0.500. The fraction of sp³-hybridized carbons (Fsp3) is 0.611. The van der Waals surface area contributed by atoms with Gasteiger partial charge in [0.05, 0.1) is 0 Å². The Kier molecular flexibility index (Phi) is 6.01. The van der Waals surface area contributed by atoms with Gasteiger partial charge in [-0.25, -0.2) is 18.0 Å². The second-order valence-corrected chi connectivity index (χ2v) is 7.63. The maximum absolute atomic E-state index is 14.0. The topological polar surface area (TPSA) is 29.5 Å². The molecule has 1 saturated heterocycles. The van der Waals surface area contributed by atoms with Gasteiger partial charge in [0, 0.05) is 13.1 Å². The summed E-state index contributed by atoms with van der Waals surface area (Å²) in [5.41, 5.74) is -3.30. The molecule has 3 nitrogen and oxygen atoms in total. The van der Waals surface area contributed by atoms with E-state index in [-0.39, 0.29) is 12.3 Å². The van der Waals surface area contributed by atoms with E-state index in [2.05, 4.69) is 0 Å². The zero-order chi connectivity index (χ0) is 20.6. The number of amides is 1. The first-order chi connectivity index (χ1) is 12.3. The molecule has 0 saturated carbocycles. The molecule has 1 aliphatic rings. The molecule has 1 amide bonds. The largest absolute Gasteiger partial charge is 0.444 e. The normalized spacial score (nSPS) is 16.6. The van der Waals surface area contributed by atoms with Crippen LogP contribution in [0.4, 0.5) is 31.1 Å². The molecule has 1 heterocycles. The Labute approximate surface area is 153 Å². The molecule has 0 atom stereocenters. The Bertz CT molecular complexity index is 703. The highest BCUT2D eigenvalue weighted by molar-refractivity contribution is 5.68. The number of likely N-dealkylation sites (tertiary alicyclic amines) is 1. The summed E-state index contributed by atoms with van der Waals surface area (Å²) in [6.07, 6.45) is -5.07. The highest BCUT2D eigenvalue weighted by Gasteiger charge is 2.40. The van der Waals surface area contributed by atoms with Crippen molar-refractivity contribution < 1.29 is 35.9 Å². The van der Waals surface area contributed by atoms with Crippen LogP contribution >= 0.6 is 0 Å². The van der Waals surface area contributed by atoms with E-state index in [4.69, 9.17) is 4.74 Å². The van der Waals surface area contributed by atoms with Crippen LogP contribution in [0.5, 0.6) is 0 Å². The molecule has 0 N–H and O–H groups in total. The molecule has 0 radical (unpaired) electrons. The summed E-state index contributed by atoms with van der Waals surface area (Å²) in [7, 11) is 0. The Morgan fingerprint density at radius 2 is 1.67 bits per heavy atom. The maximum atomic E-state index is 14.0. The molecule has 1 aromatic rings. The summed E-state index contributed by atoms with van der Waals surface area (Å²) in [6.45, 7) is 5.82. The number of carbonyl (C=O) groups excluding carboxylic acids is 1. The van der Waals surface area contributed by atoms with Crippen molar-refractivity contribution in [1.29, 1.82) is 0 Å². The smallest absolute Gasteiger partial charge is 0.422 e. The second kappa shape index (κ2) is 7.59. The van der Waals surface area contributed by atoms with Gasteiger partial charge in [0.2, 0.25) is 0 Å². The van der Waals surface area contributed by atoms with E-state index in [1.807, 2.05) is 0 Å². The van der Waals surface area contributed by atoms with E-state index < -0.39 is 46.4 Å². The Morgan fingerprint density at radius 1 is 1.11 bits per heavy atom. The zero-order valence-corrected chi connectivity index (χ0v) is 15.2. The molecule has 1 aromatic carbocycles. The number of benzene rings is 1. The molecule has 0 aliphatic carbocycles. The SMILES string of the molecule is CC(C)(C)OC(=O)N1CCC(Cc2cc(F)c(C(F)(F)F)c(F)c2F)CC1. The molecular weight excluding hydrogens is 376 g/mol. The van der Waals surface area contributed by atoms with E-state index in [0.29, 0.717) is 32.0 Å². The van der Waals surface area contributed by atoms with Crippen molar-refractivity contribution in [3.8, 4) is 0 Å². The average Bonchev–Trinajstić information content (AvgIpc) is 2.50. The summed E-state index contributed by atoms with van der Waals surface area (Å²) in [5.74, 6) is -5.95. The van der Waals surface area contributed by atoms with Crippen molar-refractivity contribution in [2.75, 3.05) is 13.1 Å². The third-order valence-corrected chi connectivity index (χ3v) is 4.29. The zero-order valence-electron chi connectivity index (χ0n) is 15.2. The van der Waals surface area contributed by atoms with Crippen LogP contribution in [-0.2, 0) is 17.3 Å². The summed E-state index contributed by atoms with van der Waals surface area (Å²) < 4.78 is 84.5. The molecular formula is C18H21F6NO2. The van der Waals surface area contributed by atoms with Gasteiger partial charge >= 0.3 is 12.3 Å². The molecule has 9 heteroatoms. The minimum atomic E-state index is -5.31. The highest BCUT2D eigenvalue weighted by atomic mass is 19.4. The molecule has 152 valence electrons. The number of piperidine rings is 1. The number of alkyl halides is 3. The Hall–Kier alpha value is -1.93. The number of hydrogen-bond donors (Lipinski definition) is 0. The van der Waals surface area contributed by atoms with Crippen molar-refractivity contribution in [2.24, 2.45) is 5.92 Å². The van der Waals surface area contributed by atoms with Crippen LogP contribution in [-0.4, -0.2) is 29.7 Å². The third kappa shape index (κ3) is 5.29. The lowest BCUT2D eigenvalue weighted by Crippen LogP contribution is -2.42. The van der Waals surface area contributed by atoms with Gasteiger partial charge in [-0.2, -0.15) is 13.2 Å². The molecule has 1 aliphatic heterocycles. The summed E-state index contributed by atoms with van der Waals surface area (Å²) in [6, 6.07) is 0.404. The van der Waals surface area contributed by atoms with E-state index >= 15 is 0 Å². The predicted octanol–water partition coefficient (Wildman–Crippen LogP) is 5.31. The molecule has 1 fully saturated rings. The monoisotopic (exact) mass is 397 g/mol. The van der Waals surface area contributed by atoms with Gasteiger partial charge in [0.1, 0.15) is 17.0 Å². The van der Waals surface area contributed by atoms with E-state index in [0.717, 1.165) is 0 Å². The van der Waals surface area contributed by atoms with Crippen LogP contribution in [0.2, 0.25) is 0 Å². The second-order valence-electron chi connectivity index (χ2n) is 7.63. The average molecular weight is 397 g/mol. The van der Waals surface area contributed by atoms with Crippen LogP contribution in [0.25, 0.3) is 0 Å². The molecule has 0 bridgehead atoms. The number of ether oxygens (including phenoxy) is 1. The predicted molar refractivity (Wildman–Crippen MR) is 85.6 cm³/mol. The number of carbonyl (C=O) groups is 1. The Balaban J connectivity index is 2.05. The van der Waals surface area contributed by atoms with Crippen molar-refractivity contribution >= 4 is 6.09 Å². The molecule has 0 aromatic heterocycles. The molecule has 0 spiro atoms. The van der Waals surface area contributed by atoms with Gasteiger partial charge in [0.15, 0.2) is 11.6 Å². The van der Waals surface area contributed by atoms with Gasteiger partial charge in [-0.3, -0.25) is 0 Å². The van der Waals surface area contributed by atoms with E-state index in [1.165, 1.54) is 4.90 Å². The lowest BCUT2D eigenvalue weighted by molar-refractivity contribution is -0.142. The van der Waals surface area contributed by atoms with Crippen molar-refractivity contribution in [3.63, 3.8) is 0 Å². The van der Waals surface area contributed by atoms with Gasteiger partial charge in [-0.15, -0.1) is 0 Å². The number of hydrogen-bond acceptors (Lipinski definition) is 2. The number of halogens is 6. The van der Waals surface area contributed by atoms with Crippen LogP contribution in [0.1, 0.15) is 44.7 Å². The minimum absolute atomic E-state index is 0.111. The van der Waals surface area contributed by atoms with Crippen molar-refractivity contribution in [2.45, 2.75) is 51.8 Å². The van der Waals surface area contributed by atoms with Crippen LogP contribution < -0.4 is 0 Å². The van der Waals surface area contributed by atoms with Gasteiger partial charge < -0.3 is 9.64 Å². The van der Waals surface area contributed by atoms with E-state index in [1.54, 1.807) is 20.8 Å². The highest BCUT2D eigenvalue weighted by Crippen LogP contribution is 2.36. The van der Waals surface area contributed by atoms with Gasteiger partial charge in [-0.1, -0.05) is 0 Å². The first-order valence-corrected chi connectivity index (χ1v) is 8.51. The standard InChI is InChI=1S/C18H21F6NO2/c1-17(2,3)27-16(26)25-6-4-10(5-7-25)8-11-9-12(19)13(18(22,23)24)15(21)14(11)20/h9-10H,4-8H2,1-3H3. The van der Waals surface area contributed by atoms with Gasteiger partial charge in [-0.05, 0) is 57.6 Å². The summed E-state index contributed by atoms with van der Waals surface area (Å²) >= 11 is 0. The first-order valence-electron chi connectivity index (χ1n) is 8.51. The van der Waals surface area contributed by atoms with Crippen LogP contribution in [0.15, 0.2) is 6.07 Å². The fourth-order valence-corrected chi connectivity index (χ4v) is 3.01. The van der Waals surface area contributed by atoms with Crippen LogP contribution in [0, 0.1) is 23.4 Å². The first kappa shape index (κ1) is 21.4. The minimum Gasteiger partial charge on any atom is -0.444 e. The lowest BCUT2D eigenvalue weighted by Gasteiger charge is -2.33. The third-order valence-electron chi connectivity index (χ3n) is 4.29. The lowest BCUT2D eigenvalue weighted by atomic mass is 9.89. The molecule has 27 heavy (non-hydrogen) atoms. The molecule has 2 rings (SSSR count). The fourth-order valence-electron chi connectivity index (χ4n) is 3.01. The Morgan fingerprint density at radius 3 is 2.15 bits per heavy atom. The maximum Gasteiger partial charge on any atom is 0.422 e. The summed E-state index contributed by atoms with van der Waals surface area (Å²) in [4.78, 5) is 13.5. The summed E-state index contributed by atoms with van der Waals surface area (Å²) in [5, 5.41) is 0. The molecule has 0 unspecified atom stereocenters. The van der Waals surface area contributed by atoms with E-state index in [9.17, 15) is 31.1 Å². The van der Waals surface area contributed by atoms with Gasteiger partial charge in [0.25, 0.3) is 0 Å². The van der Waals surface area contributed by atoms with Crippen molar-refractivity contribution in [3.05, 3.63) is 34.6 Å². The number of rotatable bonds is 2. The van der Waals surface area contributed by atoms with Crippen molar-refractivity contribution in [1.82, 2.24) is 4.90 Å². The van der Waals surface area contributed by atoms with Crippen LogP contribution in [0.3, 0.4) is 0 Å². The number of nitrogens with zero attached hydrogens (tertiary/aromatic N) is 1.